The monoisotopic (exact) mass is 301 g/mol. The van der Waals surface area contributed by atoms with Crippen molar-refractivity contribution in [2.75, 3.05) is 5.32 Å². The molecule has 3 N–H and O–H groups in total. The van der Waals surface area contributed by atoms with Gasteiger partial charge in [-0.05, 0) is 45.0 Å². The third-order valence-electron chi connectivity index (χ3n) is 3.26. The normalized spacial score (nSPS) is 11.8. The highest BCUT2D eigenvalue weighted by molar-refractivity contribution is 5.92. The summed E-state index contributed by atoms with van der Waals surface area (Å²) >= 11 is 0. The number of benzene rings is 1. The van der Waals surface area contributed by atoms with Gasteiger partial charge >= 0.3 is 0 Å². The largest absolute Gasteiger partial charge is 0.491 e. The Bertz CT molecular complexity index is 643. The summed E-state index contributed by atoms with van der Waals surface area (Å²) in [6.07, 6.45) is 1.97. The van der Waals surface area contributed by atoms with Crippen LogP contribution in [0.4, 0.5) is 5.69 Å². The maximum Gasteiger partial charge on any atom is 0.193 e. The molecule has 0 spiro atoms. The van der Waals surface area contributed by atoms with Crippen LogP contribution in [0.1, 0.15) is 25.1 Å². The van der Waals surface area contributed by atoms with Crippen LogP contribution in [0.25, 0.3) is 0 Å². The molecular weight excluding hydrogens is 278 g/mol. The highest BCUT2D eigenvalue weighted by atomic mass is 16.5. The summed E-state index contributed by atoms with van der Waals surface area (Å²) in [6, 6.07) is 7.63. The van der Waals surface area contributed by atoms with Crippen molar-refractivity contribution >= 4 is 11.6 Å². The molecular formula is C16H23N5O. The van der Waals surface area contributed by atoms with Crippen LogP contribution >= 0.6 is 0 Å². The van der Waals surface area contributed by atoms with Crippen molar-refractivity contribution < 1.29 is 4.74 Å². The summed E-state index contributed by atoms with van der Waals surface area (Å²) in [7, 11) is 1.91. The van der Waals surface area contributed by atoms with Crippen LogP contribution < -0.4 is 15.8 Å². The quantitative estimate of drug-likeness (QED) is 0.657. The molecule has 1 aromatic heterocycles. The molecule has 0 fully saturated rings. The Morgan fingerprint density at radius 1 is 1.36 bits per heavy atom. The van der Waals surface area contributed by atoms with Crippen LogP contribution in [0.5, 0.6) is 5.75 Å². The Morgan fingerprint density at radius 3 is 2.59 bits per heavy atom. The molecule has 22 heavy (non-hydrogen) atoms. The van der Waals surface area contributed by atoms with Crippen LogP contribution in [0.15, 0.2) is 35.5 Å². The summed E-state index contributed by atoms with van der Waals surface area (Å²) in [6.45, 7) is 6.51. The van der Waals surface area contributed by atoms with E-state index in [0.29, 0.717) is 12.5 Å². The molecule has 0 unspecified atom stereocenters. The third-order valence-corrected chi connectivity index (χ3v) is 3.26. The number of nitrogens with zero attached hydrogens (tertiary/aromatic N) is 3. The maximum atomic E-state index is 5.91. The van der Waals surface area contributed by atoms with E-state index in [1.54, 1.807) is 0 Å². The van der Waals surface area contributed by atoms with Crippen molar-refractivity contribution in [3.63, 3.8) is 0 Å². The third kappa shape index (κ3) is 4.25. The number of hydrogen-bond donors (Lipinski definition) is 2. The minimum absolute atomic E-state index is 0.160. The first kappa shape index (κ1) is 15.9. The Kier molecular flexibility index (Phi) is 5.04. The average Bonchev–Trinajstić information content (AvgIpc) is 2.78. The predicted octanol–water partition coefficient (Wildman–Crippen LogP) is 2.44. The molecule has 6 nitrogen and oxygen atoms in total. The van der Waals surface area contributed by atoms with Gasteiger partial charge in [0.1, 0.15) is 5.75 Å². The minimum Gasteiger partial charge on any atom is -0.491 e. The number of nitrogens with one attached hydrogen (secondary N) is 1. The molecule has 0 aliphatic carbocycles. The molecule has 0 aliphatic rings. The zero-order chi connectivity index (χ0) is 16.1. The van der Waals surface area contributed by atoms with Crippen molar-refractivity contribution in [1.82, 2.24) is 9.78 Å². The molecule has 1 aromatic carbocycles. The van der Waals surface area contributed by atoms with Gasteiger partial charge in [0.15, 0.2) is 5.96 Å². The van der Waals surface area contributed by atoms with Gasteiger partial charge in [-0.25, -0.2) is 4.99 Å². The number of anilines is 1. The van der Waals surface area contributed by atoms with Gasteiger partial charge in [-0.15, -0.1) is 0 Å². The first-order chi connectivity index (χ1) is 10.5. The van der Waals surface area contributed by atoms with E-state index < -0.39 is 0 Å². The number of nitrogens with two attached hydrogens (primary N) is 1. The second-order valence-corrected chi connectivity index (χ2v) is 5.40. The first-order valence-corrected chi connectivity index (χ1v) is 7.27. The number of hydrogen-bond acceptors (Lipinski definition) is 3. The van der Waals surface area contributed by atoms with E-state index in [0.717, 1.165) is 22.7 Å². The Hall–Kier alpha value is -2.50. The summed E-state index contributed by atoms with van der Waals surface area (Å²) < 4.78 is 7.42. The number of guanidine groups is 1. The van der Waals surface area contributed by atoms with Crippen molar-refractivity contribution in [2.45, 2.75) is 33.4 Å². The lowest BCUT2D eigenvalue weighted by Gasteiger charge is -2.10. The maximum absolute atomic E-state index is 5.91. The van der Waals surface area contributed by atoms with E-state index in [1.165, 1.54) is 0 Å². The van der Waals surface area contributed by atoms with Gasteiger partial charge in [-0.2, -0.15) is 5.10 Å². The van der Waals surface area contributed by atoms with Gasteiger partial charge < -0.3 is 15.8 Å². The van der Waals surface area contributed by atoms with Gasteiger partial charge in [0.05, 0.1) is 18.8 Å². The Balaban J connectivity index is 1.94. The van der Waals surface area contributed by atoms with Gasteiger partial charge in [0, 0.05) is 24.0 Å². The highest BCUT2D eigenvalue weighted by Crippen LogP contribution is 2.16. The fourth-order valence-corrected chi connectivity index (χ4v) is 1.95. The van der Waals surface area contributed by atoms with Crippen LogP contribution in [0.2, 0.25) is 0 Å². The standard InChI is InChI=1S/C16H23N5O/c1-11(2)22-15-7-5-14(6-8-15)20-16(17)18-9-13-10-19-21(4)12(13)3/h5-8,10-11H,9H2,1-4H3,(H3,17,18,20). The topological polar surface area (TPSA) is 77.5 Å². The molecule has 0 atom stereocenters. The number of aromatic nitrogens is 2. The average molecular weight is 301 g/mol. The Labute approximate surface area is 131 Å². The molecule has 118 valence electrons. The predicted molar refractivity (Wildman–Crippen MR) is 89.1 cm³/mol. The second-order valence-electron chi connectivity index (χ2n) is 5.40. The number of rotatable bonds is 5. The molecule has 1 heterocycles. The first-order valence-electron chi connectivity index (χ1n) is 7.27. The fraction of sp³-hybridized carbons (Fsp3) is 0.375. The van der Waals surface area contributed by atoms with Gasteiger partial charge in [0.2, 0.25) is 0 Å². The molecule has 0 bridgehead atoms. The van der Waals surface area contributed by atoms with E-state index in [4.69, 9.17) is 10.5 Å². The lowest BCUT2D eigenvalue weighted by Crippen LogP contribution is -2.22. The van der Waals surface area contributed by atoms with Crippen molar-refractivity contribution in [3.05, 3.63) is 41.7 Å². The second kappa shape index (κ2) is 6.98. The summed E-state index contributed by atoms with van der Waals surface area (Å²) in [4.78, 5) is 4.33. The lowest BCUT2D eigenvalue weighted by molar-refractivity contribution is 0.242. The Morgan fingerprint density at radius 2 is 2.05 bits per heavy atom. The molecule has 0 radical (unpaired) electrons. The van der Waals surface area contributed by atoms with Crippen molar-refractivity contribution in [3.8, 4) is 5.75 Å². The van der Waals surface area contributed by atoms with Crippen LogP contribution in [-0.4, -0.2) is 21.8 Å². The van der Waals surface area contributed by atoms with Crippen LogP contribution in [0, 0.1) is 6.92 Å². The number of aryl methyl sites for hydroxylation is 1. The fourth-order valence-electron chi connectivity index (χ4n) is 1.95. The molecule has 0 aliphatic heterocycles. The van der Waals surface area contributed by atoms with E-state index in [1.807, 2.05) is 63.0 Å². The molecule has 0 saturated carbocycles. The zero-order valence-corrected chi connectivity index (χ0v) is 13.5. The SMILES string of the molecule is Cc1c(CN=C(N)Nc2ccc(OC(C)C)cc2)cnn1C. The van der Waals surface area contributed by atoms with E-state index in [9.17, 15) is 0 Å². The smallest absolute Gasteiger partial charge is 0.193 e. The van der Waals surface area contributed by atoms with Crippen LogP contribution in [0.3, 0.4) is 0 Å². The lowest BCUT2D eigenvalue weighted by atomic mass is 10.3. The van der Waals surface area contributed by atoms with Crippen molar-refractivity contribution in [2.24, 2.45) is 17.8 Å². The van der Waals surface area contributed by atoms with Gasteiger partial charge in [-0.1, -0.05) is 0 Å². The van der Waals surface area contributed by atoms with Gasteiger partial charge in [-0.3, -0.25) is 4.68 Å². The summed E-state index contributed by atoms with van der Waals surface area (Å²) in [5.74, 6) is 1.21. The molecule has 2 rings (SSSR count). The highest BCUT2D eigenvalue weighted by Gasteiger charge is 2.03. The van der Waals surface area contributed by atoms with E-state index in [2.05, 4.69) is 15.4 Å². The van der Waals surface area contributed by atoms with E-state index in [-0.39, 0.29) is 6.10 Å². The van der Waals surface area contributed by atoms with E-state index >= 15 is 0 Å². The van der Waals surface area contributed by atoms with Crippen LogP contribution in [-0.2, 0) is 13.6 Å². The number of ether oxygens (including phenoxy) is 1. The number of aliphatic imine (C=N–C) groups is 1. The van der Waals surface area contributed by atoms with Gasteiger partial charge in [0.25, 0.3) is 0 Å². The molecule has 2 aromatic rings. The zero-order valence-electron chi connectivity index (χ0n) is 13.5. The minimum atomic E-state index is 0.160. The summed E-state index contributed by atoms with van der Waals surface area (Å²) in [5.41, 5.74) is 8.94. The summed E-state index contributed by atoms with van der Waals surface area (Å²) in [5, 5.41) is 7.25. The molecule has 0 saturated heterocycles. The molecule has 0 amide bonds. The molecule has 6 heteroatoms. The van der Waals surface area contributed by atoms with Crippen molar-refractivity contribution in [1.29, 1.82) is 0 Å².